The van der Waals surface area contributed by atoms with Crippen LogP contribution < -0.4 is 15.5 Å². The second kappa shape index (κ2) is 8.65. The van der Waals surface area contributed by atoms with Crippen LogP contribution >= 0.6 is 0 Å². The molecular weight excluding hydrogens is 366 g/mol. The quantitative estimate of drug-likeness (QED) is 0.734. The minimum Gasteiger partial charge on any atom is -0.378 e. The number of hydrogen-bond donors (Lipinski definition) is 2. The third kappa shape index (κ3) is 4.52. The topological polar surface area (TPSA) is 76.1 Å². The lowest BCUT2D eigenvalue weighted by Crippen LogP contribution is -2.93. The standard InChI is InChI=1S/C22H31N5O2/c1-14(2)11-24-18-12-28-21-19(13-29-20(18)21)26-22-23-10-9-17(25-22)15-5-7-16(8-6-15)27(3)4/h5-10,14,18-21,24H,11-13H2,1-4H3,(H,23,25,26)/p+1/t18-,19-,20+,21+/m0/s1. The smallest absolute Gasteiger partial charge is 0.223 e. The zero-order valence-electron chi connectivity index (χ0n) is 17.7. The third-order valence-electron chi connectivity index (χ3n) is 5.65. The van der Waals surface area contributed by atoms with Gasteiger partial charge in [0, 0.05) is 37.5 Å². The summed E-state index contributed by atoms with van der Waals surface area (Å²) in [7, 11) is 4.07. The van der Waals surface area contributed by atoms with Crippen LogP contribution in [0.4, 0.5) is 11.6 Å². The van der Waals surface area contributed by atoms with Crippen molar-refractivity contribution in [3.8, 4) is 11.3 Å². The minimum atomic E-state index is 0.0510. The van der Waals surface area contributed by atoms with Crippen LogP contribution in [-0.2, 0) is 9.47 Å². The van der Waals surface area contributed by atoms with Gasteiger partial charge in [0.05, 0.1) is 24.9 Å². The molecule has 156 valence electrons. The normalized spacial score (nSPS) is 26.0. The van der Waals surface area contributed by atoms with Crippen molar-refractivity contribution in [2.75, 3.05) is 44.1 Å². The van der Waals surface area contributed by atoms with Gasteiger partial charge in [-0.25, -0.2) is 9.97 Å². The molecule has 0 amide bonds. The van der Waals surface area contributed by atoms with Crippen LogP contribution in [0.3, 0.4) is 0 Å². The predicted octanol–water partition coefficient (Wildman–Crippen LogP) is 1.38. The van der Waals surface area contributed by atoms with E-state index in [0.29, 0.717) is 24.5 Å². The summed E-state index contributed by atoms with van der Waals surface area (Å²) < 4.78 is 12.2. The number of benzene rings is 1. The molecule has 0 radical (unpaired) electrons. The van der Waals surface area contributed by atoms with Gasteiger partial charge in [-0.15, -0.1) is 0 Å². The van der Waals surface area contributed by atoms with Gasteiger partial charge in [0.25, 0.3) is 0 Å². The van der Waals surface area contributed by atoms with E-state index in [1.807, 2.05) is 20.2 Å². The molecule has 3 N–H and O–H groups in total. The van der Waals surface area contributed by atoms with Gasteiger partial charge >= 0.3 is 0 Å². The molecule has 3 heterocycles. The molecule has 7 heteroatoms. The summed E-state index contributed by atoms with van der Waals surface area (Å²) in [5.74, 6) is 1.28. The summed E-state index contributed by atoms with van der Waals surface area (Å²) >= 11 is 0. The number of ether oxygens (including phenoxy) is 2. The Morgan fingerprint density at radius 3 is 2.59 bits per heavy atom. The zero-order chi connectivity index (χ0) is 20.4. The molecule has 0 saturated carbocycles. The van der Waals surface area contributed by atoms with Crippen molar-refractivity contribution in [2.24, 2.45) is 5.92 Å². The van der Waals surface area contributed by atoms with E-state index in [1.165, 1.54) is 0 Å². The number of fused-ring (bicyclic) bond motifs is 1. The number of anilines is 2. The SMILES string of the molecule is CC(C)C[NH2+][C@H]1CO[C@H]2[C@@H]1OC[C@@H]2Nc1nccc(-c2ccc(N(C)C)cc2)n1. The average molecular weight is 399 g/mol. The van der Waals surface area contributed by atoms with Crippen LogP contribution in [-0.4, -0.2) is 68.1 Å². The van der Waals surface area contributed by atoms with Gasteiger partial charge in [-0.05, 0) is 18.2 Å². The number of rotatable bonds is 7. The first-order valence-electron chi connectivity index (χ1n) is 10.4. The van der Waals surface area contributed by atoms with Gasteiger partial charge in [0.2, 0.25) is 5.95 Å². The number of quaternary nitrogens is 1. The Balaban J connectivity index is 1.41. The molecule has 4 rings (SSSR count). The summed E-state index contributed by atoms with van der Waals surface area (Å²) in [6.07, 6.45) is 1.98. The second-order valence-electron chi connectivity index (χ2n) is 8.58. The average Bonchev–Trinajstić information content (AvgIpc) is 3.30. The fourth-order valence-electron chi connectivity index (χ4n) is 3.99. The predicted molar refractivity (Wildman–Crippen MR) is 114 cm³/mol. The molecule has 2 saturated heterocycles. The van der Waals surface area contributed by atoms with E-state index in [4.69, 9.17) is 14.5 Å². The van der Waals surface area contributed by atoms with Gasteiger partial charge in [-0.1, -0.05) is 26.0 Å². The zero-order valence-corrected chi connectivity index (χ0v) is 17.7. The van der Waals surface area contributed by atoms with Gasteiger partial charge in [0.1, 0.15) is 24.9 Å². The molecule has 0 unspecified atom stereocenters. The highest BCUT2D eigenvalue weighted by molar-refractivity contribution is 5.63. The van der Waals surface area contributed by atoms with Gasteiger partial charge in [-0.2, -0.15) is 0 Å². The van der Waals surface area contributed by atoms with Crippen molar-refractivity contribution < 1.29 is 14.8 Å². The van der Waals surface area contributed by atoms with E-state index in [-0.39, 0.29) is 18.2 Å². The van der Waals surface area contributed by atoms with Crippen LogP contribution in [0.15, 0.2) is 36.5 Å². The van der Waals surface area contributed by atoms with Crippen molar-refractivity contribution in [1.82, 2.24) is 9.97 Å². The van der Waals surface area contributed by atoms with Crippen LogP contribution in [0.1, 0.15) is 13.8 Å². The lowest BCUT2D eigenvalue weighted by atomic mass is 10.1. The summed E-state index contributed by atoms with van der Waals surface area (Å²) in [6.45, 7) is 6.92. The molecule has 2 aliphatic rings. The Labute approximate surface area is 172 Å². The molecule has 4 atom stereocenters. The second-order valence-corrected chi connectivity index (χ2v) is 8.58. The Bertz CT molecular complexity index is 811. The van der Waals surface area contributed by atoms with Crippen molar-refractivity contribution in [3.63, 3.8) is 0 Å². The van der Waals surface area contributed by atoms with Crippen molar-refractivity contribution in [2.45, 2.75) is 38.1 Å². The molecular formula is C22H32N5O2+. The van der Waals surface area contributed by atoms with Gasteiger partial charge in [-0.3, -0.25) is 0 Å². The van der Waals surface area contributed by atoms with E-state index < -0.39 is 0 Å². The summed E-state index contributed by atoms with van der Waals surface area (Å²) in [4.78, 5) is 11.2. The number of nitrogens with one attached hydrogen (secondary N) is 1. The highest BCUT2D eigenvalue weighted by atomic mass is 16.6. The first kappa shape index (κ1) is 20.1. The van der Waals surface area contributed by atoms with E-state index >= 15 is 0 Å². The third-order valence-corrected chi connectivity index (χ3v) is 5.65. The highest BCUT2D eigenvalue weighted by Crippen LogP contribution is 2.28. The molecule has 0 spiro atoms. The molecule has 1 aromatic carbocycles. The van der Waals surface area contributed by atoms with E-state index in [0.717, 1.165) is 30.1 Å². The first-order chi connectivity index (χ1) is 14.0. The van der Waals surface area contributed by atoms with Crippen LogP contribution in [0.25, 0.3) is 11.3 Å². The lowest BCUT2D eigenvalue weighted by Gasteiger charge is -2.17. The van der Waals surface area contributed by atoms with Gasteiger partial charge in [0.15, 0.2) is 0 Å². The Kier molecular flexibility index (Phi) is 5.99. The van der Waals surface area contributed by atoms with E-state index in [1.54, 1.807) is 6.20 Å². The van der Waals surface area contributed by atoms with E-state index in [9.17, 15) is 0 Å². The lowest BCUT2D eigenvalue weighted by molar-refractivity contribution is -0.697. The van der Waals surface area contributed by atoms with Crippen molar-refractivity contribution in [1.29, 1.82) is 0 Å². The Morgan fingerprint density at radius 1 is 1.10 bits per heavy atom. The molecule has 29 heavy (non-hydrogen) atoms. The van der Waals surface area contributed by atoms with E-state index in [2.05, 4.69) is 58.6 Å². The Hall–Kier alpha value is -2.22. The fourth-order valence-corrected chi connectivity index (χ4v) is 3.99. The molecule has 2 aliphatic heterocycles. The minimum absolute atomic E-state index is 0.0510. The van der Waals surface area contributed by atoms with Crippen molar-refractivity contribution >= 4 is 11.6 Å². The molecule has 2 fully saturated rings. The molecule has 1 aromatic heterocycles. The van der Waals surface area contributed by atoms with Gasteiger partial charge < -0.3 is 25.0 Å². The highest BCUT2D eigenvalue weighted by Gasteiger charge is 2.49. The maximum atomic E-state index is 6.08. The monoisotopic (exact) mass is 398 g/mol. The number of nitrogens with zero attached hydrogens (tertiary/aromatic N) is 3. The largest absolute Gasteiger partial charge is 0.378 e. The first-order valence-corrected chi connectivity index (χ1v) is 10.4. The van der Waals surface area contributed by atoms with Crippen molar-refractivity contribution in [3.05, 3.63) is 36.5 Å². The maximum Gasteiger partial charge on any atom is 0.223 e. The molecule has 7 nitrogen and oxygen atoms in total. The number of hydrogen-bond acceptors (Lipinski definition) is 6. The summed E-state index contributed by atoms with van der Waals surface area (Å²) in [5, 5.41) is 5.81. The summed E-state index contributed by atoms with van der Waals surface area (Å²) in [5.41, 5.74) is 3.14. The van der Waals surface area contributed by atoms with Crippen LogP contribution in [0, 0.1) is 5.92 Å². The fraction of sp³-hybridized carbons (Fsp3) is 0.545. The maximum absolute atomic E-state index is 6.08. The summed E-state index contributed by atoms with van der Waals surface area (Å²) in [6, 6.07) is 10.8. The Morgan fingerprint density at radius 2 is 1.86 bits per heavy atom. The molecule has 2 aromatic rings. The molecule has 0 aliphatic carbocycles. The van der Waals surface area contributed by atoms with Crippen LogP contribution in [0.2, 0.25) is 0 Å². The molecule has 0 bridgehead atoms. The number of aromatic nitrogens is 2. The number of nitrogens with two attached hydrogens (primary N) is 1. The van der Waals surface area contributed by atoms with Crippen LogP contribution in [0.5, 0.6) is 0 Å².